The molecular formula is C31H31F3N6O2S. The van der Waals surface area contributed by atoms with Crippen molar-refractivity contribution in [3.63, 3.8) is 0 Å². The van der Waals surface area contributed by atoms with Crippen molar-refractivity contribution in [2.45, 2.75) is 52.6 Å². The Labute approximate surface area is 252 Å². The lowest BCUT2D eigenvalue weighted by Crippen LogP contribution is -2.34. The first-order valence-corrected chi connectivity index (χ1v) is 14.7. The summed E-state index contributed by atoms with van der Waals surface area (Å²) >= 11 is 1.58. The van der Waals surface area contributed by atoms with Gasteiger partial charge >= 0.3 is 12.4 Å². The van der Waals surface area contributed by atoms with Crippen molar-refractivity contribution in [3.8, 4) is 22.8 Å². The Kier molecular flexibility index (Phi) is 8.77. The Bertz CT molecular complexity index is 1620. The molecule has 5 rings (SSSR count). The Morgan fingerprint density at radius 1 is 1.12 bits per heavy atom. The minimum Gasteiger partial charge on any atom is -0.406 e. The molecule has 1 unspecified atom stereocenters. The second-order valence-corrected chi connectivity index (χ2v) is 11.5. The lowest BCUT2D eigenvalue weighted by molar-refractivity contribution is -0.274. The van der Waals surface area contributed by atoms with Crippen LogP contribution in [0.2, 0.25) is 0 Å². The molecule has 2 heterocycles. The van der Waals surface area contributed by atoms with Crippen molar-refractivity contribution in [1.29, 1.82) is 0 Å². The van der Waals surface area contributed by atoms with Crippen LogP contribution in [0.5, 0.6) is 5.75 Å². The van der Waals surface area contributed by atoms with Crippen LogP contribution >= 0.6 is 11.8 Å². The number of carbonyl (C=O) groups excluding carboxylic acids is 1. The van der Waals surface area contributed by atoms with Gasteiger partial charge in [-0.25, -0.2) is 14.5 Å². The third-order valence-electron chi connectivity index (χ3n) is 6.84. The fourth-order valence-electron chi connectivity index (χ4n) is 4.71. The molecule has 1 N–H and O–H groups in total. The quantitative estimate of drug-likeness (QED) is 0.234. The minimum absolute atomic E-state index is 0.212. The van der Waals surface area contributed by atoms with Crippen LogP contribution in [0.3, 0.4) is 0 Å². The maximum absolute atomic E-state index is 12.8. The van der Waals surface area contributed by atoms with E-state index in [0.717, 1.165) is 22.6 Å². The van der Waals surface area contributed by atoms with E-state index in [1.54, 1.807) is 11.8 Å². The van der Waals surface area contributed by atoms with Gasteiger partial charge in [0, 0.05) is 29.6 Å². The van der Waals surface area contributed by atoms with Crippen LogP contribution in [0.4, 0.5) is 23.7 Å². The van der Waals surface area contributed by atoms with Gasteiger partial charge in [-0.05, 0) is 61.2 Å². The first kappa shape index (κ1) is 30.1. The molecule has 224 valence electrons. The molecule has 3 aromatic carbocycles. The number of thioether (sulfide) groups is 1. The average molecular weight is 609 g/mol. The zero-order chi connectivity index (χ0) is 30.7. The molecule has 8 nitrogen and oxygen atoms in total. The largest absolute Gasteiger partial charge is 0.573 e. The highest BCUT2D eigenvalue weighted by Crippen LogP contribution is 2.36. The number of amides is 2. The van der Waals surface area contributed by atoms with E-state index in [1.807, 2.05) is 24.3 Å². The molecule has 1 aromatic heterocycles. The van der Waals surface area contributed by atoms with Gasteiger partial charge in [0.25, 0.3) is 0 Å². The van der Waals surface area contributed by atoms with Crippen LogP contribution in [0.15, 0.2) is 78.0 Å². The zero-order valence-corrected chi connectivity index (χ0v) is 24.9. The molecule has 1 saturated heterocycles. The molecule has 0 radical (unpaired) electrons. The number of alkyl halides is 3. The smallest absolute Gasteiger partial charge is 0.406 e. The average Bonchev–Trinajstić information content (AvgIpc) is 3.59. The normalized spacial score (nSPS) is 16.2. The van der Waals surface area contributed by atoms with E-state index >= 15 is 0 Å². The van der Waals surface area contributed by atoms with Gasteiger partial charge in [0.15, 0.2) is 11.0 Å². The maximum atomic E-state index is 12.8. The summed E-state index contributed by atoms with van der Waals surface area (Å²) in [6, 6.07) is 19.0. The number of halogens is 3. The third kappa shape index (κ3) is 7.37. The summed E-state index contributed by atoms with van der Waals surface area (Å²) in [4.78, 5) is 23.7. The number of carbonyl (C=O) groups is 1. The number of ether oxygens (including phenoxy) is 1. The molecule has 1 atom stereocenters. The molecule has 0 saturated carbocycles. The fraction of sp³-hybridized carbons (Fsp3) is 0.290. The zero-order valence-electron chi connectivity index (χ0n) is 24.1. The number of aryl methyl sites for hydroxylation is 1. The molecule has 43 heavy (non-hydrogen) atoms. The van der Waals surface area contributed by atoms with Gasteiger partial charge in [0.05, 0.1) is 5.69 Å². The minimum atomic E-state index is -4.75. The number of nitrogens with zero attached hydrogens (tertiary/aromatic N) is 5. The number of urea groups is 1. The number of hydrogen-bond acceptors (Lipinski definition) is 5. The van der Waals surface area contributed by atoms with E-state index in [1.165, 1.54) is 46.4 Å². The maximum Gasteiger partial charge on any atom is 0.573 e. The van der Waals surface area contributed by atoms with Crippen LogP contribution < -0.4 is 15.0 Å². The Balaban J connectivity index is 1.21. The number of nitrogens with one attached hydrogen (secondary N) is 1. The van der Waals surface area contributed by atoms with Crippen molar-refractivity contribution < 1.29 is 22.7 Å². The SMILES string of the molecule is Cc1ccc(N2C(=NC(=O)NCc3ccc(-c4ncn(-c5ccc(OC(F)(F)F)cc5)n4)cc3)SCC2C)c(C(C)C)c1. The number of anilines is 1. The van der Waals surface area contributed by atoms with Crippen LogP contribution in [-0.4, -0.2) is 44.1 Å². The van der Waals surface area contributed by atoms with E-state index in [4.69, 9.17) is 0 Å². The summed E-state index contributed by atoms with van der Waals surface area (Å²) in [5, 5.41) is 7.99. The van der Waals surface area contributed by atoms with Gasteiger partial charge in [-0.2, -0.15) is 4.99 Å². The van der Waals surface area contributed by atoms with Gasteiger partial charge in [0.1, 0.15) is 12.1 Å². The standard InChI is InChI=1S/C31H31F3N6O2S/c1-19(2)26-15-20(3)5-14-27(26)40-21(4)17-43-30(40)37-29(41)35-16-22-6-8-23(9-7-22)28-36-18-39(38-28)24-10-12-25(13-11-24)42-31(32,33)34/h5-15,18-19,21H,16-17H2,1-4H3,(H,35,41). The third-order valence-corrected chi connectivity index (χ3v) is 8.04. The van der Waals surface area contributed by atoms with Gasteiger partial charge in [-0.1, -0.05) is 67.6 Å². The van der Waals surface area contributed by atoms with Gasteiger partial charge in [-0.3, -0.25) is 0 Å². The predicted molar refractivity (Wildman–Crippen MR) is 163 cm³/mol. The molecule has 4 aromatic rings. The molecule has 2 amide bonds. The summed E-state index contributed by atoms with van der Waals surface area (Å²) in [5.74, 6) is 1.32. The van der Waals surface area contributed by atoms with E-state index in [-0.39, 0.29) is 11.8 Å². The molecule has 0 aliphatic carbocycles. The summed E-state index contributed by atoms with van der Waals surface area (Å²) in [5.41, 5.74) is 5.68. The lowest BCUT2D eigenvalue weighted by atomic mass is 9.98. The number of amidine groups is 1. The number of hydrogen-bond donors (Lipinski definition) is 1. The van der Waals surface area contributed by atoms with Crippen LogP contribution in [0.25, 0.3) is 17.1 Å². The van der Waals surface area contributed by atoms with Crippen LogP contribution in [0.1, 0.15) is 43.4 Å². The Morgan fingerprint density at radius 3 is 2.51 bits per heavy atom. The highest BCUT2D eigenvalue weighted by molar-refractivity contribution is 8.14. The van der Waals surface area contributed by atoms with Gasteiger partial charge in [-0.15, -0.1) is 18.3 Å². The molecule has 12 heteroatoms. The second-order valence-electron chi connectivity index (χ2n) is 10.6. The highest BCUT2D eigenvalue weighted by atomic mass is 32.2. The number of rotatable bonds is 7. The van der Waals surface area contributed by atoms with E-state index < -0.39 is 12.4 Å². The number of aromatic nitrogens is 3. The molecule has 1 fully saturated rings. The van der Waals surface area contributed by atoms with Crippen LogP contribution in [0, 0.1) is 6.92 Å². The Hall–Kier alpha value is -4.32. The molecule has 1 aliphatic heterocycles. The molecular weight excluding hydrogens is 577 g/mol. The Morgan fingerprint density at radius 2 is 1.84 bits per heavy atom. The number of aliphatic imine (C=N–C) groups is 1. The fourth-order valence-corrected chi connectivity index (χ4v) is 5.81. The van der Waals surface area contributed by atoms with Crippen molar-refractivity contribution in [3.05, 3.63) is 89.7 Å². The molecule has 1 aliphatic rings. The molecule has 0 spiro atoms. The van der Waals surface area contributed by atoms with Crippen molar-refractivity contribution in [2.24, 2.45) is 4.99 Å². The van der Waals surface area contributed by atoms with E-state index in [9.17, 15) is 18.0 Å². The van der Waals surface area contributed by atoms with Crippen molar-refractivity contribution >= 4 is 28.6 Å². The first-order valence-electron chi connectivity index (χ1n) is 13.7. The topological polar surface area (TPSA) is 84.6 Å². The summed E-state index contributed by atoms with van der Waals surface area (Å²) in [7, 11) is 0. The summed E-state index contributed by atoms with van der Waals surface area (Å²) in [6.45, 7) is 8.86. The monoisotopic (exact) mass is 608 g/mol. The van der Waals surface area contributed by atoms with Crippen molar-refractivity contribution in [1.82, 2.24) is 20.1 Å². The lowest BCUT2D eigenvalue weighted by Gasteiger charge is -2.27. The van der Waals surface area contributed by atoms with Gasteiger partial charge < -0.3 is 15.0 Å². The summed E-state index contributed by atoms with van der Waals surface area (Å²) in [6.07, 6.45) is -3.27. The van der Waals surface area contributed by atoms with Crippen molar-refractivity contribution in [2.75, 3.05) is 10.7 Å². The van der Waals surface area contributed by atoms with Crippen LogP contribution in [-0.2, 0) is 6.54 Å². The molecule has 0 bridgehead atoms. The second kappa shape index (κ2) is 12.5. The highest BCUT2D eigenvalue weighted by Gasteiger charge is 2.32. The van der Waals surface area contributed by atoms with E-state index in [0.29, 0.717) is 29.1 Å². The first-order chi connectivity index (χ1) is 20.5. The summed E-state index contributed by atoms with van der Waals surface area (Å²) < 4.78 is 42.6. The van der Waals surface area contributed by atoms with E-state index in [2.05, 4.69) is 75.9 Å². The number of benzene rings is 3. The van der Waals surface area contributed by atoms with Gasteiger partial charge in [0.2, 0.25) is 0 Å². The predicted octanol–water partition coefficient (Wildman–Crippen LogP) is 7.47.